The first kappa shape index (κ1) is 14.3. The molecule has 0 spiro atoms. The summed E-state index contributed by atoms with van der Waals surface area (Å²) in [7, 11) is 0. The number of carbonyl (C=O) groups is 2. The van der Waals surface area contributed by atoms with Crippen LogP contribution in [0.2, 0.25) is 0 Å². The van der Waals surface area contributed by atoms with Crippen LogP contribution in [-0.2, 0) is 15.8 Å². The Hall–Kier alpha value is -2.11. The fourth-order valence-electron chi connectivity index (χ4n) is 1.96. The molecule has 0 aliphatic carbocycles. The van der Waals surface area contributed by atoms with Gasteiger partial charge in [-0.15, -0.1) is 0 Å². The lowest BCUT2D eigenvalue weighted by Crippen LogP contribution is -2.30. The maximum atomic E-state index is 12.5. The van der Waals surface area contributed by atoms with Crippen LogP contribution in [0.1, 0.15) is 24.0 Å². The normalized spacial score (nSPS) is 16.1. The van der Waals surface area contributed by atoms with Gasteiger partial charge in [-0.25, -0.2) is 0 Å². The smallest absolute Gasteiger partial charge is 0.279 e. The number of rotatable bonds is 2. The van der Waals surface area contributed by atoms with Crippen molar-refractivity contribution in [1.82, 2.24) is 4.90 Å². The van der Waals surface area contributed by atoms with Crippen molar-refractivity contribution in [2.75, 3.05) is 6.54 Å². The zero-order valence-corrected chi connectivity index (χ0v) is 10.5. The van der Waals surface area contributed by atoms with Gasteiger partial charge in [-0.05, 0) is 30.2 Å². The average molecular weight is 283 g/mol. The molecule has 0 aromatic heterocycles. The number of alkyl halides is 3. The molecule has 1 heterocycles. The van der Waals surface area contributed by atoms with Crippen LogP contribution in [0.15, 0.2) is 30.3 Å². The van der Waals surface area contributed by atoms with E-state index in [9.17, 15) is 22.8 Å². The predicted octanol–water partition coefficient (Wildman–Crippen LogP) is 2.87. The summed E-state index contributed by atoms with van der Waals surface area (Å²) in [6.45, 7) is 0.366. The minimum Gasteiger partial charge on any atom is -0.279 e. The Morgan fingerprint density at radius 2 is 2.05 bits per heavy atom. The molecule has 1 aromatic rings. The maximum Gasteiger partial charge on any atom is 0.416 e. The molecule has 1 aliphatic heterocycles. The van der Waals surface area contributed by atoms with Gasteiger partial charge in [0.25, 0.3) is 5.91 Å². The van der Waals surface area contributed by atoms with Gasteiger partial charge >= 0.3 is 6.18 Å². The van der Waals surface area contributed by atoms with Crippen molar-refractivity contribution in [3.63, 3.8) is 0 Å². The van der Waals surface area contributed by atoms with E-state index in [0.717, 1.165) is 23.1 Å². The Labute approximate surface area is 113 Å². The minimum absolute atomic E-state index is 0.247. The standard InChI is InChI=1S/C14H12F3NO2/c15-14(16,17)11-4-1-3-10(9-11)6-7-13(20)18-8-2-5-12(18)19/h1,3-4,6-7,9H,2,5,8H2. The molecule has 1 aliphatic rings. The highest BCUT2D eigenvalue weighted by molar-refractivity contribution is 6.03. The summed E-state index contributed by atoms with van der Waals surface area (Å²) in [6.07, 6.45) is -1.05. The number of carbonyl (C=O) groups excluding carboxylic acids is 2. The first-order valence-corrected chi connectivity index (χ1v) is 6.07. The average Bonchev–Trinajstić information content (AvgIpc) is 2.82. The number of benzene rings is 1. The highest BCUT2D eigenvalue weighted by atomic mass is 19.4. The molecule has 0 bridgehead atoms. The zero-order valence-electron chi connectivity index (χ0n) is 10.5. The summed E-state index contributed by atoms with van der Waals surface area (Å²) in [6, 6.07) is 4.65. The van der Waals surface area contributed by atoms with Crippen LogP contribution in [0.5, 0.6) is 0 Å². The van der Waals surface area contributed by atoms with E-state index in [-0.39, 0.29) is 11.5 Å². The molecule has 0 saturated carbocycles. The topological polar surface area (TPSA) is 37.4 Å². The summed E-state index contributed by atoms with van der Waals surface area (Å²) in [5.41, 5.74) is -0.510. The van der Waals surface area contributed by atoms with Crippen LogP contribution in [0.25, 0.3) is 6.08 Å². The van der Waals surface area contributed by atoms with Gasteiger partial charge in [0.2, 0.25) is 5.91 Å². The summed E-state index contributed by atoms with van der Waals surface area (Å²) in [4.78, 5) is 24.1. The molecule has 2 amide bonds. The van der Waals surface area contributed by atoms with Gasteiger partial charge in [-0.2, -0.15) is 13.2 Å². The van der Waals surface area contributed by atoms with Crippen molar-refractivity contribution in [2.45, 2.75) is 19.0 Å². The molecule has 1 saturated heterocycles. The lowest BCUT2D eigenvalue weighted by molar-refractivity contribution is -0.139. The van der Waals surface area contributed by atoms with Crippen LogP contribution >= 0.6 is 0 Å². The second-order valence-corrected chi connectivity index (χ2v) is 4.44. The van der Waals surface area contributed by atoms with E-state index in [2.05, 4.69) is 0 Å². The lowest BCUT2D eigenvalue weighted by atomic mass is 10.1. The predicted molar refractivity (Wildman–Crippen MR) is 66.4 cm³/mol. The summed E-state index contributed by atoms with van der Waals surface area (Å²) < 4.78 is 37.6. The van der Waals surface area contributed by atoms with Gasteiger partial charge in [0, 0.05) is 19.0 Å². The van der Waals surface area contributed by atoms with Crippen molar-refractivity contribution < 1.29 is 22.8 Å². The number of hydrogen-bond acceptors (Lipinski definition) is 2. The zero-order chi connectivity index (χ0) is 14.8. The first-order valence-electron chi connectivity index (χ1n) is 6.07. The van der Waals surface area contributed by atoms with Crippen molar-refractivity contribution in [3.8, 4) is 0 Å². The summed E-state index contributed by atoms with van der Waals surface area (Å²) in [5, 5.41) is 0. The maximum absolute atomic E-state index is 12.5. The Morgan fingerprint density at radius 1 is 1.30 bits per heavy atom. The molecule has 0 radical (unpaired) electrons. The van der Waals surface area contributed by atoms with Crippen molar-refractivity contribution in [2.24, 2.45) is 0 Å². The Bertz CT molecular complexity index is 564. The minimum atomic E-state index is -4.42. The lowest BCUT2D eigenvalue weighted by Gasteiger charge is -2.10. The van der Waals surface area contributed by atoms with E-state index in [1.807, 2.05) is 0 Å². The molecular weight excluding hydrogens is 271 g/mol. The molecule has 1 aromatic carbocycles. The molecule has 1 fully saturated rings. The number of nitrogens with zero attached hydrogens (tertiary/aromatic N) is 1. The largest absolute Gasteiger partial charge is 0.416 e. The molecule has 0 N–H and O–H groups in total. The Balaban J connectivity index is 2.11. The summed E-state index contributed by atoms with van der Waals surface area (Å²) in [5.74, 6) is -0.742. The molecule has 2 rings (SSSR count). The van der Waals surface area contributed by atoms with Crippen LogP contribution in [0.3, 0.4) is 0 Å². The monoisotopic (exact) mass is 283 g/mol. The van der Waals surface area contributed by atoms with Crippen LogP contribution in [0, 0.1) is 0 Å². The van der Waals surface area contributed by atoms with Gasteiger partial charge in [-0.3, -0.25) is 14.5 Å². The van der Waals surface area contributed by atoms with Gasteiger partial charge in [0.05, 0.1) is 5.56 Å². The third-order valence-corrected chi connectivity index (χ3v) is 2.97. The van der Waals surface area contributed by atoms with Gasteiger partial charge < -0.3 is 0 Å². The van der Waals surface area contributed by atoms with E-state index < -0.39 is 17.6 Å². The number of hydrogen-bond donors (Lipinski definition) is 0. The van der Waals surface area contributed by atoms with Crippen molar-refractivity contribution in [3.05, 3.63) is 41.5 Å². The van der Waals surface area contributed by atoms with E-state index >= 15 is 0 Å². The van der Waals surface area contributed by atoms with Gasteiger partial charge in [0.1, 0.15) is 0 Å². The van der Waals surface area contributed by atoms with Crippen LogP contribution < -0.4 is 0 Å². The van der Waals surface area contributed by atoms with Crippen molar-refractivity contribution >= 4 is 17.9 Å². The number of halogens is 3. The molecule has 0 unspecified atom stereocenters. The van der Waals surface area contributed by atoms with E-state index in [1.54, 1.807) is 0 Å². The molecule has 0 atom stereocenters. The highest BCUT2D eigenvalue weighted by Gasteiger charge is 2.30. The third kappa shape index (κ3) is 3.26. The SMILES string of the molecule is O=C(C=Cc1cccc(C(F)(F)F)c1)N1CCCC1=O. The fraction of sp³-hybridized carbons (Fsp3) is 0.286. The van der Waals surface area contributed by atoms with Crippen LogP contribution in [-0.4, -0.2) is 23.3 Å². The van der Waals surface area contributed by atoms with E-state index in [0.29, 0.717) is 19.4 Å². The molecule has 6 heteroatoms. The highest BCUT2D eigenvalue weighted by Crippen LogP contribution is 2.29. The molecule has 106 valence electrons. The number of amides is 2. The number of imide groups is 1. The number of likely N-dealkylation sites (tertiary alicyclic amines) is 1. The van der Waals surface area contributed by atoms with Gasteiger partial charge in [-0.1, -0.05) is 12.1 Å². The van der Waals surface area contributed by atoms with Crippen molar-refractivity contribution in [1.29, 1.82) is 0 Å². The molecule has 3 nitrogen and oxygen atoms in total. The summed E-state index contributed by atoms with van der Waals surface area (Å²) >= 11 is 0. The van der Waals surface area contributed by atoms with E-state index in [1.165, 1.54) is 18.2 Å². The van der Waals surface area contributed by atoms with E-state index in [4.69, 9.17) is 0 Å². The Morgan fingerprint density at radius 3 is 2.65 bits per heavy atom. The molecular formula is C14H12F3NO2. The second kappa shape index (κ2) is 5.48. The van der Waals surface area contributed by atoms with Gasteiger partial charge in [0.15, 0.2) is 0 Å². The Kier molecular flexibility index (Phi) is 3.92. The third-order valence-electron chi connectivity index (χ3n) is 2.97. The quantitative estimate of drug-likeness (QED) is 0.783. The first-order chi connectivity index (χ1) is 9.38. The molecule has 20 heavy (non-hydrogen) atoms. The fourth-order valence-corrected chi connectivity index (χ4v) is 1.96. The van der Waals surface area contributed by atoms with Crippen LogP contribution in [0.4, 0.5) is 13.2 Å². The second-order valence-electron chi connectivity index (χ2n) is 4.44.